The molecule has 0 fully saturated rings. The first-order valence-electron chi connectivity index (χ1n) is 11.9. The average Bonchev–Trinajstić information content (AvgIpc) is 3.19. The number of benzene rings is 1. The van der Waals surface area contributed by atoms with Crippen molar-refractivity contribution in [3.63, 3.8) is 0 Å². The third-order valence-electron chi connectivity index (χ3n) is 6.26. The predicted molar refractivity (Wildman–Crippen MR) is 140 cm³/mol. The van der Waals surface area contributed by atoms with Crippen LogP contribution >= 0.6 is 0 Å². The van der Waals surface area contributed by atoms with Crippen molar-refractivity contribution in [1.29, 1.82) is 0 Å². The first kappa shape index (κ1) is 24.2. The van der Waals surface area contributed by atoms with Crippen LogP contribution in [0.4, 0.5) is 16.4 Å². The summed E-state index contributed by atoms with van der Waals surface area (Å²) >= 11 is 0. The van der Waals surface area contributed by atoms with Crippen LogP contribution in [0.25, 0.3) is 16.7 Å². The number of aromatic nitrogens is 5. The molecule has 2 N–H and O–H groups in total. The van der Waals surface area contributed by atoms with Gasteiger partial charge in [-0.2, -0.15) is 4.98 Å². The maximum atomic E-state index is 13.2. The molecule has 4 heterocycles. The predicted octanol–water partition coefficient (Wildman–Crippen LogP) is 2.75. The maximum absolute atomic E-state index is 13.2. The summed E-state index contributed by atoms with van der Waals surface area (Å²) in [4.78, 5) is 40.0. The molecule has 11 nitrogen and oxygen atoms in total. The summed E-state index contributed by atoms with van der Waals surface area (Å²) in [5, 5.41) is 7.04. The lowest BCUT2D eigenvalue weighted by atomic mass is 10.0. The van der Waals surface area contributed by atoms with Crippen molar-refractivity contribution in [2.45, 2.75) is 26.1 Å². The molecule has 1 aliphatic heterocycles. The van der Waals surface area contributed by atoms with Gasteiger partial charge in [-0.05, 0) is 48.4 Å². The zero-order valence-electron chi connectivity index (χ0n) is 20.8. The zero-order valence-corrected chi connectivity index (χ0v) is 20.8. The van der Waals surface area contributed by atoms with E-state index in [9.17, 15) is 9.59 Å². The first-order chi connectivity index (χ1) is 18.0. The minimum atomic E-state index is -0.468. The number of carbonyl (C=O) groups excluding carboxylic acids is 1. The van der Waals surface area contributed by atoms with E-state index >= 15 is 0 Å². The second-order valence-corrected chi connectivity index (χ2v) is 8.79. The van der Waals surface area contributed by atoms with Crippen LogP contribution in [0, 0.1) is 0 Å². The Balaban J connectivity index is 1.55. The molecule has 1 amide bonds. The number of amides is 1. The van der Waals surface area contributed by atoms with Crippen molar-refractivity contribution in [2.75, 3.05) is 26.0 Å². The monoisotopic (exact) mass is 500 g/mol. The molecule has 11 heteroatoms. The third kappa shape index (κ3) is 4.81. The number of hydrogen-bond acceptors (Lipinski definition) is 8. The van der Waals surface area contributed by atoms with Gasteiger partial charge in [0.05, 0.1) is 31.6 Å². The number of nitrogens with zero attached hydrogens (tertiary/aromatic N) is 6. The molecule has 37 heavy (non-hydrogen) atoms. The molecule has 0 atom stereocenters. The van der Waals surface area contributed by atoms with Gasteiger partial charge in [0, 0.05) is 31.7 Å². The molecule has 0 radical (unpaired) electrons. The summed E-state index contributed by atoms with van der Waals surface area (Å²) in [6.45, 7) is 6.13. The number of methoxy groups -OCH3 is 1. The number of pyridine rings is 1. The van der Waals surface area contributed by atoms with Crippen LogP contribution < -0.4 is 16.2 Å². The van der Waals surface area contributed by atoms with Crippen molar-refractivity contribution in [1.82, 2.24) is 34.5 Å². The van der Waals surface area contributed by atoms with Crippen molar-refractivity contribution in [2.24, 2.45) is 0 Å². The van der Waals surface area contributed by atoms with Crippen molar-refractivity contribution >= 4 is 28.8 Å². The van der Waals surface area contributed by atoms with Gasteiger partial charge in [-0.3, -0.25) is 9.78 Å². The van der Waals surface area contributed by atoms with Gasteiger partial charge in [0.1, 0.15) is 5.39 Å². The van der Waals surface area contributed by atoms with E-state index in [1.54, 1.807) is 40.9 Å². The van der Waals surface area contributed by atoms with E-state index < -0.39 is 6.09 Å². The van der Waals surface area contributed by atoms with Gasteiger partial charge in [-0.15, -0.1) is 6.58 Å². The Morgan fingerprint density at radius 3 is 2.95 bits per heavy atom. The minimum Gasteiger partial charge on any atom is -0.453 e. The Bertz CT molecular complexity index is 1540. The van der Waals surface area contributed by atoms with Crippen LogP contribution in [0.5, 0.6) is 0 Å². The van der Waals surface area contributed by atoms with Gasteiger partial charge < -0.3 is 20.3 Å². The third-order valence-corrected chi connectivity index (χ3v) is 6.26. The van der Waals surface area contributed by atoms with E-state index in [0.717, 1.165) is 25.2 Å². The Labute approximate surface area is 213 Å². The van der Waals surface area contributed by atoms with Gasteiger partial charge in [0.2, 0.25) is 5.95 Å². The van der Waals surface area contributed by atoms with Crippen LogP contribution in [0.2, 0.25) is 0 Å². The van der Waals surface area contributed by atoms with E-state index in [4.69, 9.17) is 9.72 Å². The van der Waals surface area contributed by atoms with Crippen molar-refractivity contribution < 1.29 is 9.53 Å². The molecule has 5 rings (SSSR count). The Kier molecular flexibility index (Phi) is 6.69. The molecule has 0 aliphatic carbocycles. The maximum Gasteiger partial charge on any atom is 0.409 e. The van der Waals surface area contributed by atoms with Gasteiger partial charge in [-0.25, -0.2) is 19.1 Å². The normalized spacial score (nSPS) is 12.7. The number of anilines is 2. The number of ether oxygens (including phenoxy) is 1. The van der Waals surface area contributed by atoms with Crippen LogP contribution in [0.3, 0.4) is 0 Å². The lowest BCUT2D eigenvalue weighted by Crippen LogP contribution is -2.26. The van der Waals surface area contributed by atoms with Crippen LogP contribution in [0.1, 0.15) is 16.8 Å². The molecule has 0 saturated heterocycles. The molecular formula is C26H28N8O3. The largest absolute Gasteiger partial charge is 0.453 e. The van der Waals surface area contributed by atoms with E-state index in [0.29, 0.717) is 28.4 Å². The molecule has 1 aliphatic rings. The fraction of sp³-hybridized carbons (Fsp3) is 0.269. The van der Waals surface area contributed by atoms with Gasteiger partial charge in [-0.1, -0.05) is 12.1 Å². The van der Waals surface area contributed by atoms with E-state index in [1.807, 2.05) is 12.1 Å². The zero-order chi connectivity index (χ0) is 25.9. The fourth-order valence-corrected chi connectivity index (χ4v) is 4.47. The first-order valence-corrected chi connectivity index (χ1v) is 11.9. The molecular weight excluding hydrogens is 472 g/mol. The summed E-state index contributed by atoms with van der Waals surface area (Å²) in [5.41, 5.74) is 4.98. The summed E-state index contributed by atoms with van der Waals surface area (Å²) < 4.78 is 8.05. The lowest BCUT2D eigenvalue weighted by molar-refractivity contribution is 0.131. The molecule has 0 bridgehead atoms. The van der Waals surface area contributed by atoms with Crippen LogP contribution in [-0.2, 0) is 30.8 Å². The average molecular weight is 501 g/mol. The van der Waals surface area contributed by atoms with Crippen molar-refractivity contribution in [3.8, 4) is 5.69 Å². The molecule has 1 aromatic carbocycles. The Morgan fingerprint density at radius 1 is 1.27 bits per heavy atom. The Hall–Kier alpha value is -4.51. The van der Waals surface area contributed by atoms with E-state index in [-0.39, 0.29) is 18.6 Å². The highest BCUT2D eigenvalue weighted by Crippen LogP contribution is 2.23. The molecule has 0 spiro atoms. The SMILES string of the molecule is C=CCn1c(=O)c2cnc(Nc3ccc4c(c3)CCNC4)nc2n1-c1ccnc(CN(C)C(=O)OC)c1. The number of carbonyl (C=O) groups is 1. The summed E-state index contributed by atoms with van der Waals surface area (Å²) in [5.74, 6) is 0.380. The van der Waals surface area contributed by atoms with E-state index in [1.165, 1.54) is 23.1 Å². The number of hydrogen-bond donors (Lipinski definition) is 2. The molecule has 3 aromatic heterocycles. The summed E-state index contributed by atoms with van der Waals surface area (Å²) in [7, 11) is 2.95. The van der Waals surface area contributed by atoms with E-state index in [2.05, 4.69) is 39.3 Å². The highest BCUT2D eigenvalue weighted by molar-refractivity contribution is 5.77. The molecule has 0 unspecified atom stereocenters. The topological polar surface area (TPSA) is 119 Å². The number of allylic oxidation sites excluding steroid dienone is 1. The fourth-order valence-electron chi connectivity index (χ4n) is 4.47. The highest BCUT2D eigenvalue weighted by Gasteiger charge is 2.18. The van der Waals surface area contributed by atoms with Crippen molar-refractivity contribution in [3.05, 3.63) is 82.6 Å². The standard InChI is InChI=1S/C26H28N8O3/c1-4-11-33-24(35)22-15-29-25(30-19-6-5-18-14-27-9-7-17(18)12-19)31-23(22)34(33)21-8-10-28-20(13-21)16-32(2)26(36)37-3/h4-6,8,10,12-13,15,27H,1,7,9,11,14,16H2,2-3H3,(H,29,30,31). The second kappa shape index (κ2) is 10.2. The lowest BCUT2D eigenvalue weighted by Gasteiger charge is -2.18. The Morgan fingerprint density at radius 2 is 2.14 bits per heavy atom. The summed E-state index contributed by atoms with van der Waals surface area (Å²) in [6.07, 6.45) is 5.32. The molecule has 0 saturated carbocycles. The molecule has 4 aromatic rings. The van der Waals surface area contributed by atoms with Gasteiger partial charge in [0.25, 0.3) is 5.56 Å². The van der Waals surface area contributed by atoms with Gasteiger partial charge in [0.15, 0.2) is 5.65 Å². The van der Waals surface area contributed by atoms with Crippen LogP contribution in [-0.4, -0.2) is 56.0 Å². The number of fused-ring (bicyclic) bond motifs is 2. The number of nitrogens with one attached hydrogen (secondary N) is 2. The second-order valence-electron chi connectivity index (χ2n) is 8.79. The summed E-state index contributed by atoms with van der Waals surface area (Å²) in [6, 6.07) is 9.81. The highest BCUT2D eigenvalue weighted by atomic mass is 16.5. The smallest absolute Gasteiger partial charge is 0.409 e. The van der Waals surface area contributed by atoms with Gasteiger partial charge >= 0.3 is 6.09 Å². The quantitative estimate of drug-likeness (QED) is 0.372. The molecule has 190 valence electrons. The minimum absolute atomic E-state index is 0.229. The van der Waals surface area contributed by atoms with Crippen LogP contribution in [0.15, 0.2) is 60.2 Å². The number of rotatable bonds is 7.